The van der Waals surface area contributed by atoms with Gasteiger partial charge in [0.05, 0.1) is 12.7 Å². The predicted octanol–water partition coefficient (Wildman–Crippen LogP) is 3.46. The van der Waals surface area contributed by atoms with E-state index >= 15 is 0 Å². The number of hydrogen-bond donors (Lipinski definition) is 2. The lowest BCUT2D eigenvalue weighted by atomic mass is 10.1. The molecule has 2 N–H and O–H groups in total. The molecule has 0 bridgehead atoms. The van der Waals surface area contributed by atoms with Gasteiger partial charge in [0.25, 0.3) is 0 Å². The summed E-state index contributed by atoms with van der Waals surface area (Å²) in [7, 11) is -3.75. The molecule has 4 nitrogen and oxygen atoms in total. The zero-order valence-electron chi connectivity index (χ0n) is 11.2. The topological polar surface area (TPSA) is 70.1 Å². The minimum absolute atomic E-state index is 0.0518. The largest absolute Gasteiger partial charge is 0.373 e. The third-order valence-corrected chi connectivity index (χ3v) is 4.28. The molecule has 0 aromatic carbocycles. The Hall–Kier alpha value is 0.110. The molecule has 1 unspecified atom stereocenters. The van der Waals surface area contributed by atoms with Gasteiger partial charge in [-0.25, -0.2) is 0 Å². The molecule has 0 amide bonds. The minimum atomic E-state index is -3.75. The summed E-state index contributed by atoms with van der Waals surface area (Å²) in [5.41, 5.74) is 0. The van der Waals surface area contributed by atoms with Crippen LogP contribution in [0.25, 0.3) is 0 Å². The maximum absolute atomic E-state index is 10.6. The normalized spacial score (nSPS) is 19.1. The highest BCUT2D eigenvalue weighted by Crippen LogP contribution is 2.35. The minimum Gasteiger partial charge on any atom is -0.373 e. The molecule has 5 heteroatoms. The number of epoxide rings is 1. The second-order valence-electron chi connectivity index (χ2n) is 5.31. The smallest absolute Gasteiger partial charge is 0.325 e. The van der Waals surface area contributed by atoms with Crippen molar-refractivity contribution in [3.8, 4) is 0 Å². The molecule has 108 valence electrons. The highest BCUT2D eigenvalue weighted by Gasteiger charge is 2.20. The fourth-order valence-corrected chi connectivity index (χ4v) is 2.80. The maximum Gasteiger partial charge on any atom is 0.325 e. The van der Waals surface area contributed by atoms with Crippen molar-refractivity contribution in [2.45, 2.75) is 70.3 Å². The van der Waals surface area contributed by atoms with E-state index in [4.69, 9.17) is 14.5 Å². The molecular formula is C13H27O4P. The van der Waals surface area contributed by atoms with Crippen LogP contribution < -0.4 is 0 Å². The summed E-state index contributed by atoms with van der Waals surface area (Å²) in [4.78, 5) is 17.4. The summed E-state index contributed by atoms with van der Waals surface area (Å²) in [5.74, 6) is 0. The third-order valence-electron chi connectivity index (χ3n) is 3.38. The molecule has 0 saturated carbocycles. The van der Waals surface area contributed by atoms with Gasteiger partial charge in [-0.1, -0.05) is 51.4 Å². The van der Waals surface area contributed by atoms with Crippen LogP contribution in [0.4, 0.5) is 0 Å². The number of ether oxygens (including phenoxy) is 1. The SMILES string of the molecule is O=P(O)(O)CCCCCCCCCCCC1CO1. The van der Waals surface area contributed by atoms with E-state index in [1.165, 1.54) is 44.9 Å². The van der Waals surface area contributed by atoms with Gasteiger partial charge in [-0.15, -0.1) is 0 Å². The average molecular weight is 278 g/mol. The molecule has 1 heterocycles. The first-order chi connectivity index (χ1) is 8.58. The van der Waals surface area contributed by atoms with Crippen LogP contribution in [0.5, 0.6) is 0 Å². The van der Waals surface area contributed by atoms with Crippen LogP contribution in [0.1, 0.15) is 64.2 Å². The number of unbranched alkanes of at least 4 members (excludes halogenated alkanes) is 8. The second-order valence-corrected chi connectivity index (χ2v) is 7.09. The van der Waals surface area contributed by atoms with Crippen LogP contribution in [0.15, 0.2) is 0 Å². The molecule has 0 aromatic heterocycles. The second kappa shape index (κ2) is 9.08. The van der Waals surface area contributed by atoms with E-state index in [1.807, 2.05) is 0 Å². The summed E-state index contributed by atoms with van der Waals surface area (Å²) < 4.78 is 15.8. The highest BCUT2D eigenvalue weighted by atomic mass is 31.2. The van der Waals surface area contributed by atoms with Gasteiger partial charge >= 0.3 is 7.60 Å². The molecule has 0 aliphatic carbocycles. The first-order valence-electron chi connectivity index (χ1n) is 7.24. The van der Waals surface area contributed by atoms with Gasteiger partial charge in [-0.3, -0.25) is 4.57 Å². The van der Waals surface area contributed by atoms with Crippen molar-refractivity contribution in [3.63, 3.8) is 0 Å². The summed E-state index contributed by atoms with van der Waals surface area (Å²) >= 11 is 0. The first kappa shape index (κ1) is 16.2. The van der Waals surface area contributed by atoms with E-state index in [1.54, 1.807) is 0 Å². The van der Waals surface area contributed by atoms with Crippen molar-refractivity contribution in [2.24, 2.45) is 0 Å². The molecule has 1 rings (SSSR count). The van der Waals surface area contributed by atoms with E-state index in [0.29, 0.717) is 12.5 Å². The van der Waals surface area contributed by atoms with Crippen molar-refractivity contribution in [1.82, 2.24) is 0 Å². The van der Waals surface area contributed by atoms with Crippen molar-refractivity contribution in [3.05, 3.63) is 0 Å². The lowest BCUT2D eigenvalue weighted by Crippen LogP contribution is -1.88. The quantitative estimate of drug-likeness (QED) is 0.326. The molecular weight excluding hydrogens is 251 g/mol. The number of rotatable bonds is 12. The van der Waals surface area contributed by atoms with E-state index in [2.05, 4.69) is 0 Å². The Morgan fingerprint density at radius 1 is 0.889 bits per heavy atom. The lowest BCUT2D eigenvalue weighted by Gasteiger charge is -2.04. The molecule has 0 aromatic rings. The van der Waals surface area contributed by atoms with Gasteiger partial charge in [0, 0.05) is 6.16 Å². The molecule has 0 radical (unpaired) electrons. The maximum atomic E-state index is 10.6. The van der Waals surface area contributed by atoms with E-state index in [-0.39, 0.29) is 6.16 Å². The molecule has 1 atom stereocenters. The van der Waals surface area contributed by atoms with Gasteiger partial charge in [0.2, 0.25) is 0 Å². The fourth-order valence-electron chi connectivity index (χ4n) is 2.16. The Morgan fingerprint density at radius 3 is 1.78 bits per heavy atom. The Labute approximate surface area is 110 Å². The van der Waals surface area contributed by atoms with Crippen LogP contribution >= 0.6 is 7.60 Å². The van der Waals surface area contributed by atoms with Crippen LogP contribution in [-0.2, 0) is 9.30 Å². The van der Waals surface area contributed by atoms with Gasteiger partial charge in [-0.2, -0.15) is 0 Å². The van der Waals surface area contributed by atoms with Gasteiger partial charge in [0.15, 0.2) is 0 Å². The summed E-state index contributed by atoms with van der Waals surface area (Å²) in [6.45, 7) is 0.981. The Morgan fingerprint density at radius 2 is 1.33 bits per heavy atom. The van der Waals surface area contributed by atoms with Gasteiger partial charge in [-0.05, 0) is 12.8 Å². The molecule has 0 spiro atoms. The van der Waals surface area contributed by atoms with Crippen LogP contribution in [-0.4, -0.2) is 28.7 Å². The van der Waals surface area contributed by atoms with E-state index < -0.39 is 7.60 Å². The van der Waals surface area contributed by atoms with Gasteiger partial charge in [0.1, 0.15) is 0 Å². The highest BCUT2D eigenvalue weighted by molar-refractivity contribution is 7.51. The number of hydrogen-bond acceptors (Lipinski definition) is 2. The molecule has 18 heavy (non-hydrogen) atoms. The van der Waals surface area contributed by atoms with Crippen molar-refractivity contribution in [1.29, 1.82) is 0 Å². The Bertz CT molecular complexity index is 247. The summed E-state index contributed by atoms with van der Waals surface area (Å²) in [6.07, 6.45) is 12.3. The zero-order chi connectivity index (χ0) is 13.3. The van der Waals surface area contributed by atoms with Crippen LogP contribution in [0, 0.1) is 0 Å². The van der Waals surface area contributed by atoms with E-state index in [0.717, 1.165) is 19.4 Å². The molecule has 1 aliphatic heterocycles. The summed E-state index contributed by atoms with van der Waals surface area (Å²) in [6, 6.07) is 0. The predicted molar refractivity (Wildman–Crippen MR) is 72.8 cm³/mol. The molecule has 1 aliphatic rings. The van der Waals surface area contributed by atoms with Crippen molar-refractivity contribution in [2.75, 3.05) is 12.8 Å². The van der Waals surface area contributed by atoms with Gasteiger partial charge < -0.3 is 14.5 Å². The summed E-state index contributed by atoms with van der Waals surface area (Å²) in [5, 5.41) is 0. The monoisotopic (exact) mass is 278 g/mol. The fraction of sp³-hybridized carbons (Fsp3) is 1.00. The van der Waals surface area contributed by atoms with Crippen LogP contribution in [0.2, 0.25) is 0 Å². The zero-order valence-corrected chi connectivity index (χ0v) is 12.1. The van der Waals surface area contributed by atoms with E-state index in [9.17, 15) is 4.57 Å². The first-order valence-corrected chi connectivity index (χ1v) is 9.04. The third kappa shape index (κ3) is 11.2. The average Bonchev–Trinajstić information content (AvgIpc) is 3.08. The Balaban J connectivity index is 1.69. The van der Waals surface area contributed by atoms with Crippen LogP contribution in [0.3, 0.4) is 0 Å². The molecule has 1 saturated heterocycles. The molecule has 1 fully saturated rings. The van der Waals surface area contributed by atoms with Crippen molar-refractivity contribution < 1.29 is 19.1 Å². The standard InChI is InChI=1S/C13H27O4P/c14-18(15,16)11-9-7-5-3-1-2-4-6-8-10-13-12-17-13/h13H,1-12H2,(H2,14,15,16). The Kier molecular flexibility index (Phi) is 8.16. The van der Waals surface area contributed by atoms with Crippen molar-refractivity contribution >= 4 is 7.60 Å². The lowest BCUT2D eigenvalue weighted by molar-refractivity contribution is 0.370.